The zero-order valence-corrected chi connectivity index (χ0v) is 9.64. The summed E-state index contributed by atoms with van der Waals surface area (Å²) in [6.45, 7) is 3.58. The SMILES string of the molecule is CNCc1ncn(Cc2cccc(C)c2)n1. The highest BCUT2D eigenvalue weighted by Crippen LogP contribution is 2.05. The van der Waals surface area contributed by atoms with Crippen LogP contribution in [0.1, 0.15) is 17.0 Å². The van der Waals surface area contributed by atoms with E-state index in [1.54, 1.807) is 6.33 Å². The third-order valence-electron chi connectivity index (χ3n) is 2.35. The van der Waals surface area contributed by atoms with E-state index in [1.165, 1.54) is 11.1 Å². The van der Waals surface area contributed by atoms with Crippen molar-refractivity contribution >= 4 is 0 Å². The lowest BCUT2D eigenvalue weighted by atomic mass is 10.1. The van der Waals surface area contributed by atoms with Crippen LogP contribution in [0.4, 0.5) is 0 Å². The fourth-order valence-electron chi connectivity index (χ4n) is 1.65. The first-order chi connectivity index (χ1) is 7.78. The molecular formula is C12H16N4. The molecule has 0 spiro atoms. The molecule has 1 heterocycles. The lowest BCUT2D eigenvalue weighted by molar-refractivity contribution is 0.658. The van der Waals surface area contributed by atoms with Crippen molar-refractivity contribution in [2.75, 3.05) is 7.05 Å². The van der Waals surface area contributed by atoms with Crippen molar-refractivity contribution in [2.24, 2.45) is 0 Å². The number of hydrogen-bond donors (Lipinski definition) is 1. The van der Waals surface area contributed by atoms with Gasteiger partial charge < -0.3 is 5.32 Å². The highest BCUT2D eigenvalue weighted by Gasteiger charge is 2.00. The molecule has 0 saturated carbocycles. The summed E-state index contributed by atoms with van der Waals surface area (Å²) >= 11 is 0. The first kappa shape index (κ1) is 10.8. The summed E-state index contributed by atoms with van der Waals surface area (Å²) in [6.07, 6.45) is 1.77. The largest absolute Gasteiger partial charge is 0.313 e. The Hall–Kier alpha value is -1.68. The second kappa shape index (κ2) is 4.90. The molecule has 0 aliphatic carbocycles. The maximum absolute atomic E-state index is 4.37. The van der Waals surface area contributed by atoms with Gasteiger partial charge in [-0.1, -0.05) is 29.8 Å². The van der Waals surface area contributed by atoms with Crippen LogP contribution in [-0.2, 0) is 13.1 Å². The van der Waals surface area contributed by atoms with Gasteiger partial charge >= 0.3 is 0 Å². The molecule has 4 heteroatoms. The summed E-state index contributed by atoms with van der Waals surface area (Å²) in [4.78, 5) is 4.21. The Balaban J connectivity index is 2.08. The second-order valence-electron chi connectivity index (χ2n) is 3.88. The summed E-state index contributed by atoms with van der Waals surface area (Å²) in [5.41, 5.74) is 2.52. The molecule has 2 rings (SSSR count). The fraction of sp³-hybridized carbons (Fsp3) is 0.333. The van der Waals surface area contributed by atoms with Gasteiger partial charge in [-0.25, -0.2) is 9.67 Å². The number of nitrogens with zero attached hydrogens (tertiary/aromatic N) is 3. The van der Waals surface area contributed by atoms with E-state index < -0.39 is 0 Å². The van der Waals surface area contributed by atoms with Crippen LogP contribution in [0, 0.1) is 6.92 Å². The third-order valence-corrected chi connectivity index (χ3v) is 2.35. The quantitative estimate of drug-likeness (QED) is 0.839. The van der Waals surface area contributed by atoms with E-state index in [0.29, 0.717) is 6.54 Å². The van der Waals surface area contributed by atoms with Gasteiger partial charge in [0.2, 0.25) is 0 Å². The van der Waals surface area contributed by atoms with Crippen LogP contribution in [0.15, 0.2) is 30.6 Å². The van der Waals surface area contributed by atoms with Crippen molar-refractivity contribution in [3.63, 3.8) is 0 Å². The Labute approximate surface area is 95.3 Å². The smallest absolute Gasteiger partial charge is 0.164 e. The monoisotopic (exact) mass is 216 g/mol. The Morgan fingerprint density at radius 2 is 2.25 bits per heavy atom. The molecule has 84 valence electrons. The Morgan fingerprint density at radius 1 is 1.38 bits per heavy atom. The number of aromatic nitrogens is 3. The second-order valence-corrected chi connectivity index (χ2v) is 3.88. The van der Waals surface area contributed by atoms with Crippen LogP contribution in [0.3, 0.4) is 0 Å². The number of rotatable bonds is 4. The molecule has 0 saturated heterocycles. The first-order valence-corrected chi connectivity index (χ1v) is 5.36. The van der Waals surface area contributed by atoms with E-state index in [2.05, 4.69) is 46.6 Å². The molecule has 2 aromatic rings. The van der Waals surface area contributed by atoms with Crippen LogP contribution in [0.5, 0.6) is 0 Å². The average molecular weight is 216 g/mol. The molecule has 0 bridgehead atoms. The van der Waals surface area contributed by atoms with Gasteiger partial charge in [-0.3, -0.25) is 0 Å². The predicted molar refractivity (Wildman–Crippen MR) is 63.1 cm³/mol. The van der Waals surface area contributed by atoms with Crippen molar-refractivity contribution in [1.82, 2.24) is 20.1 Å². The third kappa shape index (κ3) is 2.67. The van der Waals surface area contributed by atoms with E-state index >= 15 is 0 Å². The summed E-state index contributed by atoms with van der Waals surface area (Å²) in [5.74, 6) is 0.829. The van der Waals surface area contributed by atoms with Gasteiger partial charge in [0.05, 0.1) is 13.1 Å². The van der Waals surface area contributed by atoms with Crippen LogP contribution < -0.4 is 5.32 Å². The van der Waals surface area contributed by atoms with Crippen LogP contribution in [0.25, 0.3) is 0 Å². The minimum atomic E-state index is 0.709. The number of benzene rings is 1. The molecule has 1 N–H and O–H groups in total. The topological polar surface area (TPSA) is 42.7 Å². The van der Waals surface area contributed by atoms with Crippen molar-refractivity contribution in [3.8, 4) is 0 Å². The molecule has 16 heavy (non-hydrogen) atoms. The van der Waals surface area contributed by atoms with Crippen molar-refractivity contribution < 1.29 is 0 Å². The van der Waals surface area contributed by atoms with E-state index in [0.717, 1.165) is 12.4 Å². The molecule has 0 atom stereocenters. The molecule has 1 aromatic heterocycles. The summed E-state index contributed by atoms with van der Waals surface area (Å²) < 4.78 is 1.86. The minimum Gasteiger partial charge on any atom is -0.313 e. The van der Waals surface area contributed by atoms with Crippen LogP contribution in [0.2, 0.25) is 0 Å². The van der Waals surface area contributed by atoms with Crippen LogP contribution in [-0.4, -0.2) is 21.8 Å². The molecular weight excluding hydrogens is 200 g/mol. The fourth-order valence-corrected chi connectivity index (χ4v) is 1.65. The van der Waals surface area contributed by atoms with E-state index in [1.807, 2.05) is 11.7 Å². The molecule has 0 aliphatic heterocycles. The zero-order valence-electron chi connectivity index (χ0n) is 9.64. The van der Waals surface area contributed by atoms with Gasteiger partial charge in [-0.05, 0) is 19.5 Å². The van der Waals surface area contributed by atoms with Crippen molar-refractivity contribution in [2.45, 2.75) is 20.0 Å². The van der Waals surface area contributed by atoms with Gasteiger partial charge in [0.1, 0.15) is 6.33 Å². The molecule has 0 aliphatic rings. The summed E-state index contributed by atoms with van der Waals surface area (Å²) in [6, 6.07) is 8.43. The maximum atomic E-state index is 4.37. The first-order valence-electron chi connectivity index (χ1n) is 5.36. The van der Waals surface area contributed by atoms with E-state index in [9.17, 15) is 0 Å². The molecule has 0 radical (unpaired) electrons. The van der Waals surface area contributed by atoms with Gasteiger partial charge in [-0.15, -0.1) is 0 Å². The Bertz CT molecular complexity index is 462. The Kier molecular flexibility index (Phi) is 3.31. The number of hydrogen-bond acceptors (Lipinski definition) is 3. The highest BCUT2D eigenvalue weighted by molar-refractivity contribution is 5.22. The molecule has 0 fully saturated rings. The number of aryl methyl sites for hydroxylation is 1. The minimum absolute atomic E-state index is 0.709. The average Bonchev–Trinajstić information content (AvgIpc) is 2.66. The molecule has 1 aromatic carbocycles. The van der Waals surface area contributed by atoms with Crippen LogP contribution >= 0.6 is 0 Å². The lowest BCUT2D eigenvalue weighted by Gasteiger charge is -2.01. The van der Waals surface area contributed by atoms with Gasteiger partial charge in [0.25, 0.3) is 0 Å². The maximum Gasteiger partial charge on any atom is 0.164 e. The zero-order chi connectivity index (χ0) is 11.4. The summed E-state index contributed by atoms with van der Waals surface area (Å²) in [7, 11) is 1.89. The standard InChI is InChI=1S/C12H16N4/c1-10-4-3-5-11(6-10)8-16-9-14-12(15-16)7-13-2/h3-6,9,13H,7-8H2,1-2H3. The van der Waals surface area contributed by atoms with Gasteiger partial charge in [-0.2, -0.15) is 5.10 Å². The summed E-state index contributed by atoms with van der Waals surface area (Å²) in [5, 5.41) is 7.40. The normalized spacial score (nSPS) is 10.6. The number of nitrogens with one attached hydrogen (secondary N) is 1. The molecule has 0 unspecified atom stereocenters. The van der Waals surface area contributed by atoms with E-state index in [-0.39, 0.29) is 0 Å². The van der Waals surface area contributed by atoms with Gasteiger partial charge in [0, 0.05) is 0 Å². The predicted octanol–water partition coefficient (Wildman–Crippen LogP) is 1.35. The molecule has 4 nitrogen and oxygen atoms in total. The molecule has 0 amide bonds. The lowest BCUT2D eigenvalue weighted by Crippen LogP contribution is -2.08. The van der Waals surface area contributed by atoms with Crippen molar-refractivity contribution in [3.05, 3.63) is 47.5 Å². The van der Waals surface area contributed by atoms with Gasteiger partial charge in [0.15, 0.2) is 5.82 Å². The Morgan fingerprint density at radius 3 is 3.00 bits per heavy atom. The highest BCUT2D eigenvalue weighted by atomic mass is 15.3. The van der Waals surface area contributed by atoms with E-state index in [4.69, 9.17) is 0 Å². The van der Waals surface area contributed by atoms with Crippen molar-refractivity contribution in [1.29, 1.82) is 0 Å².